The van der Waals surface area contributed by atoms with E-state index in [9.17, 15) is 9.59 Å². The SMILES string of the molecule is CC(=O)CC1CCCCN1C(=O)c1c(Cl)cccc1Cl. The molecule has 0 aliphatic carbocycles. The minimum absolute atomic E-state index is 0.0407. The Balaban J connectivity index is 2.28. The number of ketones is 1. The molecule has 1 aliphatic heterocycles. The maximum absolute atomic E-state index is 12.7. The van der Waals surface area contributed by atoms with Crippen LogP contribution in [0.5, 0.6) is 0 Å². The maximum Gasteiger partial charge on any atom is 0.257 e. The van der Waals surface area contributed by atoms with Crippen LogP contribution in [0.15, 0.2) is 18.2 Å². The summed E-state index contributed by atoms with van der Waals surface area (Å²) in [5, 5.41) is 0.712. The molecule has 1 saturated heterocycles. The summed E-state index contributed by atoms with van der Waals surface area (Å²) in [6.45, 7) is 2.21. The van der Waals surface area contributed by atoms with E-state index < -0.39 is 0 Å². The number of piperidine rings is 1. The predicted molar refractivity (Wildman–Crippen MR) is 80.4 cm³/mol. The molecule has 3 nitrogen and oxygen atoms in total. The summed E-state index contributed by atoms with van der Waals surface area (Å²) in [4.78, 5) is 25.8. The topological polar surface area (TPSA) is 37.4 Å². The molecule has 1 aromatic carbocycles. The number of halogens is 2. The lowest BCUT2D eigenvalue weighted by Crippen LogP contribution is -2.44. The van der Waals surface area contributed by atoms with Crippen molar-refractivity contribution in [3.63, 3.8) is 0 Å². The van der Waals surface area contributed by atoms with Gasteiger partial charge in [0.1, 0.15) is 5.78 Å². The fourth-order valence-electron chi connectivity index (χ4n) is 2.66. The first kappa shape index (κ1) is 15.3. The van der Waals surface area contributed by atoms with Crippen LogP contribution in [-0.2, 0) is 4.79 Å². The van der Waals surface area contributed by atoms with Crippen molar-refractivity contribution in [1.29, 1.82) is 0 Å². The molecule has 0 spiro atoms. The number of Topliss-reactive ketones (excluding diaryl/α,β-unsaturated/α-hetero) is 1. The van der Waals surface area contributed by atoms with E-state index in [1.54, 1.807) is 30.0 Å². The first-order valence-electron chi connectivity index (χ1n) is 6.75. The van der Waals surface area contributed by atoms with E-state index in [1.165, 1.54) is 0 Å². The quantitative estimate of drug-likeness (QED) is 0.846. The maximum atomic E-state index is 12.7. The fraction of sp³-hybridized carbons (Fsp3) is 0.467. The van der Waals surface area contributed by atoms with Gasteiger partial charge in [0.2, 0.25) is 0 Å². The zero-order chi connectivity index (χ0) is 14.7. The summed E-state index contributed by atoms with van der Waals surface area (Å²) in [5.41, 5.74) is 0.339. The summed E-state index contributed by atoms with van der Waals surface area (Å²) >= 11 is 12.2. The van der Waals surface area contributed by atoms with Gasteiger partial charge in [0.25, 0.3) is 5.91 Å². The number of amides is 1. The molecular weight excluding hydrogens is 297 g/mol. The fourth-order valence-corrected chi connectivity index (χ4v) is 3.22. The third kappa shape index (κ3) is 3.33. The van der Waals surface area contributed by atoms with Gasteiger partial charge in [0.15, 0.2) is 0 Å². The monoisotopic (exact) mass is 313 g/mol. The second-order valence-electron chi connectivity index (χ2n) is 5.15. The zero-order valence-electron chi connectivity index (χ0n) is 11.4. The molecule has 20 heavy (non-hydrogen) atoms. The van der Waals surface area contributed by atoms with Gasteiger partial charge in [-0.05, 0) is 38.3 Å². The van der Waals surface area contributed by atoms with Gasteiger partial charge >= 0.3 is 0 Å². The van der Waals surface area contributed by atoms with E-state index in [0.717, 1.165) is 19.3 Å². The Bertz CT molecular complexity index is 510. The normalized spacial score (nSPS) is 18.9. The van der Waals surface area contributed by atoms with Crippen LogP contribution in [0.2, 0.25) is 10.0 Å². The van der Waals surface area contributed by atoms with Crippen molar-refractivity contribution in [2.75, 3.05) is 6.54 Å². The van der Waals surface area contributed by atoms with E-state index >= 15 is 0 Å². The molecule has 1 aliphatic rings. The average molecular weight is 314 g/mol. The third-order valence-corrected chi connectivity index (χ3v) is 4.22. The third-order valence-electron chi connectivity index (χ3n) is 3.59. The number of carbonyl (C=O) groups is 2. The predicted octanol–water partition coefficient (Wildman–Crippen LogP) is 3.97. The average Bonchev–Trinajstić information content (AvgIpc) is 2.38. The molecule has 0 saturated carbocycles. The molecule has 0 bridgehead atoms. The minimum atomic E-state index is -0.174. The van der Waals surface area contributed by atoms with Crippen LogP contribution in [0.3, 0.4) is 0 Å². The molecule has 2 rings (SSSR count). The van der Waals surface area contributed by atoms with Crippen molar-refractivity contribution in [3.8, 4) is 0 Å². The molecular formula is C15H17Cl2NO2. The molecule has 1 amide bonds. The Morgan fingerprint density at radius 2 is 1.90 bits per heavy atom. The number of carbonyl (C=O) groups excluding carboxylic acids is 2. The van der Waals surface area contributed by atoms with Crippen LogP contribution in [0.4, 0.5) is 0 Å². The van der Waals surface area contributed by atoms with Crippen LogP contribution in [-0.4, -0.2) is 29.2 Å². The van der Waals surface area contributed by atoms with Crippen molar-refractivity contribution in [2.24, 2.45) is 0 Å². The van der Waals surface area contributed by atoms with Gasteiger partial charge in [-0.3, -0.25) is 9.59 Å². The second-order valence-corrected chi connectivity index (χ2v) is 5.97. The van der Waals surface area contributed by atoms with Crippen LogP contribution >= 0.6 is 23.2 Å². The van der Waals surface area contributed by atoms with Crippen LogP contribution < -0.4 is 0 Å². The highest BCUT2D eigenvalue weighted by Crippen LogP contribution is 2.29. The minimum Gasteiger partial charge on any atom is -0.335 e. The molecule has 1 atom stereocenters. The number of likely N-dealkylation sites (tertiary alicyclic amines) is 1. The second kappa shape index (κ2) is 6.59. The highest BCUT2D eigenvalue weighted by atomic mass is 35.5. The van der Waals surface area contributed by atoms with Crippen molar-refractivity contribution in [1.82, 2.24) is 4.90 Å². The highest BCUT2D eigenvalue weighted by molar-refractivity contribution is 6.39. The van der Waals surface area contributed by atoms with Crippen LogP contribution in [0.25, 0.3) is 0 Å². The van der Waals surface area contributed by atoms with Crippen LogP contribution in [0.1, 0.15) is 43.0 Å². The largest absolute Gasteiger partial charge is 0.335 e. The van der Waals surface area contributed by atoms with E-state index in [1.807, 2.05) is 0 Å². The number of hydrogen-bond acceptors (Lipinski definition) is 2. The Labute approximate surface area is 128 Å². The van der Waals surface area contributed by atoms with Crippen molar-refractivity contribution in [3.05, 3.63) is 33.8 Å². The van der Waals surface area contributed by atoms with Gasteiger partial charge in [-0.15, -0.1) is 0 Å². The molecule has 1 heterocycles. The van der Waals surface area contributed by atoms with Gasteiger partial charge in [-0.1, -0.05) is 29.3 Å². The molecule has 1 unspecified atom stereocenters. The summed E-state index contributed by atoms with van der Waals surface area (Å²) in [6.07, 6.45) is 3.24. The standard InChI is InChI=1S/C15H17Cl2NO2/c1-10(19)9-11-5-2-3-8-18(11)15(20)14-12(16)6-4-7-13(14)17/h4,6-7,11H,2-3,5,8-9H2,1H3. The van der Waals surface area contributed by atoms with Gasteiger partial charge < -0.3 is 4.90 Å². The van der Waals surface area contributed by atoms with E-state index in [0.29, 0.717) is 28.6 Å². The number of rotatable bonds is 3. The summed E-state index contributed by atoms with van der Waals surface area (Å²) in [5.74, 6) is -0.0773. The Morgan fingerprint density at radius 1 is 1.25 bits per heavy atom. The Morgan fingerprint density at radius 3 is 2.50 bits per heavy atom. The summed E-state index contributed by atoms with van der Waals surface area (Å²) < 4.78 is 0. The highest BCUT2D eigenvalue weighted by Gasteiger charge is 2.30. The van der Waals surface area contributed by atoms with Gasteiger partial charge in [0.05, 0.1) is 15.6 Å². The Kier molecular flexibility index (Phi) is 5.06. The molecule has 0 radical (unpaired) electrons. The van der Waals surface area contributed by atoms with Gasteiger partial charge in [-0.2, -0.15) is 0 Å². The first-order chi connectivity index (χ1) is 9.50. The van der Waals surface area contributed by atoms with Crippen molar-refractivity contribution >= 4 is 34.9 Å². The molecule has 0 aromatic heterocycles. The first-order valence-corrected chi connectivity index (χ1v) is 7.50. The number of hydrogen-bond donors (Lipinski definition) is 0. The lowest BCUT2D eigenvalue weighted by atomic mass is 9.97. The lowest BCUT2D eigenvalue weighted by Gasteiger charge is -2.35. The summed E-state index contributed by atoms with van der Waals surface area (Å²) in [7, 11) is 0. The van der Waals surface area contributed by atoms with E-state index in [4.69, 9.17) is 23.2 Å². The molecule has 1 aromatic rings. The molecule has 0 N–H and O–H groups in total. The van der Waals surface area contributed by atoms with Gasteiger partial charge in [0, 0.05) is 19.0 Å². The Hall–Kier alpha value is -1.06. The van der Waals surface area contributed by atoms with Gasteiger partial charge in [-0.25, -0.2) is 0 Å². The van der Waals surface area contributed by atoms with Crippen molar-refractivity contribution < 1.29 is 9.59 Å². The zero-order valence-corrected chi connectivity index (χ0v) is 12.9. The number of nitrogens with zero attached hydrogens (tertiary/aromatic N) is 1. The summed E-state index contributed by atoms with van der Waals surface area (Å²) in [6, 6.07) is 4.99. The molecule has 5 heteroatoms. The van der Waals surface area contributed by atoms with Crippen molar-refractivity contribution in [2.45, 2.75) is 38.6 Å². The lowest BCUT2D eigenvalue weighted by molar-refractivity contribution is -0.118. The van der Waals surface area contributed by atoms with E-state index in [2.05, 4.69) is 0 Å². The van der Waals surface area contributed by atoms with Crippen LogP contribution in [0, 0.1) is 0 Å². The van der Waals surface area contributed by atoms with E-state index in [-0.39, 0.29) is 17.7 Å². The number of benzene rings is 1. The molecule has 1 fully saturated rings. The molecule has 108 valence electrons. The smallest absolute Gasteiger partial charge is 0.257 e.